The molecule has 1 amide bonds. The Bertz CT molecular complexity index is 1030. The molecule has 1 N–H and O–H groups in total. The fourth-order valence-electron chi connectivity index (χ4n) is 3.68. The van der Waals surface area contributed by atoms with Gasteiger partial charge in [0.25, 0.3) is 5.91 Å². The molecule has 1 aliphatic heterocycles. The molecule has 8 heteroatoms. The standard InChI is InChI=1S/C22H29N3O4S/c1-5-23-22(26)19-15-18(9-10-21(19)29-4)30(27,28)25-13-11-24(12-14-25)20-8-6-7-16(2)17(20)3/h6-10,15H,5,11-14H2,1-4H3,(H,23,26). The Morgan fingerprint density at radius 3 is 2.43 bits per heavy atom. The van der Waals surface area contributed by atoms with Crippen molar-refractivity contribution in [1.29, 1.82) is 0 Å². The van der Waals surface area contributed by atoms with Gasteiger partial charge < -0.3 is 15.0 Å². The Labute approximate surface area is 178 Å². The second-order valence-corrected chi connectivity index (χ2v) is 9.27. The van der Waals surface area contributed by atoms with Gasteiger partial charge in [0.15, 0.2) is 0 Å². The SMILES string of the molecule is CCNC(=O)c1cc(S(=O)(=O)N2CCN(c3cccc(C)c3C)CC2)ccc1OC. The van der Waals surface area contributed by atoms with E-state index in [0.29, 0.717) is 38.5 Å². The number of sulfonamides is 1. The molecule has 1 aliphatic rings. The summed E-state index contributed by atoms with van der Waals surface area (Å²) in [5.74, 6) is -0.00853. The second kappa shape index (κ2) is 9.06. The summed E-state index contributed by atoms with van der Waals surface area (Å²) in [4.78, 5) is 14.7. The monoisotopic (exact) mass is 431 g/mol. The fraction of sp³-hybridized carbons (Fsp3) is 0.409. The predicted octanol–water partition coefficient (Wildman–Crippen LogP) is 2.57. The summed E-state index contributed by atoms with van der Waals surface area (Å²) in [5, 5.41) is 2.69. The highest BCUT2D eigenvalue weighted by Crippen LogP contribution is 2.28. The molecule has 0 unspecified atom stereocenters. The van der Waals surface area contributed by atoms with E-state index >= 15 is 0 Å². The molecule has 2 aromatic rings. The van der Waals surface area contributed by atoms with Gasteiger partial charge in [0.1, 0.15) is 5.75 Å². The summed E-state index contributed by atoms with van der Waals surface area (Å²) in [7, 11) is -2.25. The molecule has 30 heavy (non-hydrogen) atoms. The van der Waals surface area contributed by atoms with Crippen LogP contribution in [0.1, 0.15) is 28.4 Å². The van der Waals surface area contributed by atoms with Crippen molar-refractivity contribution in [2.24, 2.45) is 0 Å². The number of rotatable bonds is 6. The largest absolute Gasteiger partial charge is 0.496 e. The van der Waals surface area contributed by atoms with Gasteiger partial charge >= 0.3 is 0 Å². The topological polar surface area (TPSA) is 79.0 Å². The number of carbonyl (C=O) groups is 1. The number of benzene rings is 2. The van der Waals surface area contributed by atoms with Crippen molar-refractivity contribution in [2.45, 2.75) is 25.7 Å². The van der Waals surface area contributed by atoms with Crippen molar-refractivity contribution in [3.63, 3.8) is 0 Å². The van der Waals surface area contributed by atoms with E-state index in [-0.39, 0.29) is 16.4 Å². The number of nitrogens with one attached hydrogen (secondary N) is 1. The van der Waals surface area contributed by atoms with Crippen molar-refractivity contribution in [1.82, 2.24) is 9.62 Å². The first kappa shape index (κ1) is 22.1. The maximum Gasteiger partial charge on any atom is 0.255 e. The molecule has 3 rings (SSSR count). The lowest BCUT2D eigenvalue weighted by atomic mass is 10.1. The number of nitrogens with zero attached hydrogens (tertiary/aromatic N) is 2. The number of amides is 1. The highest BCUT2D eigenvalue weighted by atomic mass is 32.2. The van der Waals surface area contributed by atoms with Crippen LogP contribution in [0.15, 0.2) is 41.3 Å². The molecule has 1 heterocycles. The Balaban J connectivity index is 1.81. The van der Waals surface area contributed by atoms with Gasteiger partial charge in [-0.05, 0) is 56.2 Å². The van der Waals surface area contributed by atoms with Gasteiger partial charge in [0.2, 0.25) is 10.0 Å². The zero-order chi connectivity index (χ0) is 21.9. The molecular weight excluding hydrogens is 402 g/mol. The minimum absolute atomic E-state index is 0.102. The van der Waals surface area contributed by atoms with Gasteiger partial charge in [-0.3, -0.25) is 4.79 Å². The van der Waals surface area contributed by atoms with Crippen molar-refractivity contribution in [2.75, 3.05) is 44.7 Å². The summed E-state index contributed by atoms with van der Waals surface area (Å²) < 4.78 is 33.2. The normalized spacial score (nSPS) is 15.1. The summed E-state index contributed by atoms with van der Waals surface area (Å²) in [6, 6.07) is 10.6. The molecule has 2 aromatic carbocycles. The summed E-state index contributed by atoms with van der Waals surface area (Å²) >= 11 is 0. The first-order valence-corrected chi connectivity index (χ1v) is 11.5. The van der Waals surface area contributed by atoms with Crippen LogP contribution in [-0.2, 0) is 10.0 Å². The number of hydrogen-bond acceptors (Lipinski definition) is 5. The average molecular weight is 432 g/mol. The van der Waals surface area contributed by atoms with Gasteiger partial charge in [-0.25, -0.2) is 8.42 Å². The zero-order valence-corrected chi connectivity index (χ0v) is 18.8. The van der Waals surface area contributed by atoms with Gasteiger partial charge in [-0.15, -0.1) is 0 Å². The third-order valence-corrected chi connectivity index (χ3v) is 7.44. The van der Waals surface area contributed by atoms with Crippen LogP contribution in [0, 0.1) is 13.8 Å². The number of hydrogen-bond donors (Lipinski definition) is 1. The van der Waals surface area contributed by atoms with Crippen molar-refractivity contribution >= 4 is 21.6 Å². The third kappa shape index (κ3) is 4.29. The lowest BCUT2D eigenvalue weighted by molar-refractivity contribution is 0.0952. The van der Waals surface area contributed by atoms with Gasteiger partial charge in [0, 0.05) is 38.4 Å². The van der Waals surface area contributed by atoms with Crippen LogP contribution >= 0.6 is 0 Å². The minimum atomic E-state index is -3.71. The molecule has 162 valence electrons. The molecule has 0 aromatic heterocycles. The van der Waals surface area contributed by atoms with Crippen LogP contribution < -0.4 is 15.0 Å². The van der Waals surface area contributed by atoms with Gasteiger partial charge in [-0.2, -0.15) is 4.31 Å². The molecule has 0 aliphatic carbocycles. The van der Waals surface area contributed by atoms with E-state index in [4.69, 9.17) is 4.74 Å². The molecule has 1 fully saturated rings. The summed E-state index contributed by atoms with van der Waals surface area (Å²) in [6.07, 6.45) is 0. The van der Waals surface area contributed by atoms with Crippen LogP contribution in [-0.4, -0.2) is 58.5 Å². The van der Waals surface area contributed by atoms with Crippen LogP contribution in [0.25, 0.3) is 0 Å². The summed E-state index contributed by atoms with van der Waals surface area (Å²) in [5.41, 5.74) is 3.80. The number of carbonyl (C=O) groups excluding carboxylic acids is 1. The maximum absolute atomic E-state index is 13.2. The van der Waals surface area contributed by atoms with Crippen molar-refractivity contribution < 1.29 is 17.9 Å². The van der Waals surface area contributed by atoms with Crippen molar-refractivity contribution in [3.05, 3.63) is 53.1 Å². The molecule has 0 saturated carbocycles. The van der Waals surface area contributed by atoms with Crippen LogP contribution in [0.4, 0.5) is 5.69 Å². The van der Waals surface area contributed by atoms with E-state index < -0.39 is 10.0 Å². The molecule has 0 spiro atoms. The number of anilines is 1. The molecule has 1 saturated heterocycles. The molecular formula is C22H29N3O4S. The first-order chi connectivity index (χ1) is 14.3. The van der Waals surface area contributed by atoms with Crippen LogP contribution in [0.2, 0.25) is 0 Å². The third-order valence-electron chi connectivity index (χ3n) is 5.55. The lowest BCUT2D eigenvalue weighted by Gasteiger charge is -2.36. The molecule has 0 bridgehead atoms. The number of ether oxygens (including phenoxy) is 1. The van der Waals surface area contributed by atoms with E-state index in [0.717, 1.165) is 5.69 Å². The quantitative estimate of drug-likeness (QED) is 0.761. The maximum atomic E-state index is 13.2. The Hall–Kier alpha value is -2.58. The zero-order valence-electron chi connectivity index (χ0n) is 17.9. The molecule has 0 atom stereocenters. The molecule has 0 radical (unpaired) electrons. The Morgan fingerprint density at radius 2 is 1.80 bits per heavy atom. The Morgan fingerprint density at radius 1 is 1.10 bits per heavy atom. The van der Waals surface area contributed by atoms with Gasteiger partial charge in [-0.1, -0.05) is 12.1 Å². The van der Waals surface area contributed by atoms with E-state index in [1.807, 2.05) is 6.07 Å². The second-order valence-electron chi connectivity index (χ2n) is 7.33. The predicted molar refractivity (Wildman–Crippen MR) is 118 cm³/mol. The van der Waals surface area contributed by atoms with E-state index in [2.05, 4.69) is 36.2 Å². The number of methoxy groups -OCH3 is 1. The molecule has 7 nitrogen and oxygen atoms in total. The highest BCUT2D eigenvalue weighted by Gasteiger charge is 2.30. The van der Waals surface area contributed by atoms with E-state index in [1.54, 1.807) is 6.92 Å². The Kier molecular flexibility index (Phi) is 6.67. The summed E-state index contributed by atoms with van der Waals surface area (Å²) in [6.45, 7) is 8.42. The minimum Gasteiger partial charge on any atom is -0.496 e. The fourth-order valence-corrected chi connectivity index (χ4v) is 5.13. The van der Waals surface area contributed by atoms with Crippen LogP contribution in [0.5, 0.6) is 5.75 Å². The number of aryl methyl sites for hydroxylation is 1. The van der Waals surface area contributed by atoms with E-state index in [9.17, 15) is 13.2 Å². The number of piperazine rings is 1. The van der Waals surface area contributed by atoms with E-state index in [1.165, 1.54) is 40.7 Å². The van der Waals surface area contributed by atoms with Crippen LogP contribution in [0.3, 0.4) is 0 Å². The smallest absolute Gasteiger partial charge is 0.255 e. The average Bonchev–Trinajstić information content (AvgIpc) is 2.75. The first-order valence-electron chi connectivity index (χ1n) is 10.1. The lowest BCUT2D eigenvalue weighted by Crippen LogP contribution is -2.48. The van der Waals surface area contributed by atoms with Gasteiger partial charge in [0.05, 0.1) is 17.6 Å². The highest BCUT2D eigenvalue weighted by molar-refractivity contribution is 7.89. The van der Waals surface area contributed by atoms with Crippen molar-refractivity contribution in [3.8, 4) is 5.75 Å².